The van der Waals surface area contributed by atoms with Gasteiger partial charge in [0, 0.05) is 12.2 Å². The van der Waals surface area contributed by atoms with Gasteiger partial charge in [-0.3, -0.25) is 14.4 Å². The van der Waals surface area contributed by atoms with E-state index in [2.05, 4.69) is 10.6 Å². The van der Waals surface area contributed by atoms with Crippen molar-refractivity contribution in [2.45, 2.75) is 25.4 Å². The molecule has 0 bridgehead atoms. The fraction of sp³-hybridized carbons (Fsp3) is 0.308. The molecular formula is C13H14N2O5. The van der Waals surface area contributed by atoms with E-state index in [9.17, 15) is 14.4 Å². The highest BCUT2D eigenvalue weighted by Crippen LogP contribution is 2.22. The highest BCUT2D eigenvalue weighted by Gasteiger charge is 2.25. The number of aliphatic carboxylic acids is 2. The summed E-state index contributed by atoms with van der Waals surface area (Å²) in [4.78, 5) is 33.2. The fourth-order valence-electron chi connectivity index (χ4n) is 2.10. The lowest BCUT2D eigenvalue weighted by atomic mass is 10.1. The average molecular weight is 278 g/mol. The third kappa shape index (κ3) is 3.25. The van der Waals surface area contributed by atoms with Gasteiger partial charge in [-0.05, 0) is 17.2 Å². The lowest BCUT2D eigenvalue weighted by Crippen LogP contribution is -2.38. The van der Waals surface area contributed by atoms with Gasteiger partial charge in [0.15, 0.2) is 0 Å². The SMILES string of the molecule is O=C(O)Cc1ccc2c(c1)CNC(=O)[C@H](CC(=O)O)N2. The van der Waals surface area contributed by atoms with E-state index >= 15 is 0 Å². The fourth-order valence-corrected chi connectivity index (χ4v) is 2.10. The van der Waals surface area contributed by atoms with Crippen LogP contribution >= 0.6 is 0 Å². The van der Waals surface area contributed by atoms with Crippen LogP contribution in [0.25, 0.3) is 0 Å². The highest BCUT2D eigenvalue weighted by molar-refractivity contribution is 5.90. The number of hydrogen-bond donors (Lipinski definition) is 4. The second-order valence-electron chi connectivity index (χ2n) is 4.57. The second kappa shape index (κ2) is 5.60. The van der Waals surface area contributed by atoms with Gasteiger partial charge >= 0.3 is 11.9 Å². The Balaban J connectivity index is 2.23. The van der Waals surface area contributed by atoms with Gasteiger partial charge < -0.3 is 20.8 Å². The molecule has 20 heavy (non-hydrogen) atoms. The summed E-state index contributed by atoms with van der Waals surface area (Å²) in [6, 6.07) is 4.18. The van der Waals surface area contributed by atoms with E-state index in [0.717, 1.165) is 5.56 Å². The molecule has 7 heteroatoms. The quantitative estimate of drug-likeness (QED) is 0.625. The zero-order valence-corrected chi connectivity index (χ0v) is 10.5. The van der Waals surface area contributed by atoms with E-state index in [1.54, 1.807) is 18.2 Å². The van der Waals surface area contributed by atoms with Crippen LogP contribution in [0.2, 0.25) is 0 Å². The number of carboxylic acids is 2. The molecule has 1 aliphatic heterocycles. The molecule has 0 aliphatic carbocycles. The first-order valence-electron chi connectivity index (χ1n) is 6.05. The molecule has 0 aromatic heterocycles. The number of carbonyl (C=O) groups excluding carboxylic acids is 1. The Morgan fingerprint density at radius 3 is 2.65 bits per heavy atom. The molecule has 1 aromatic carbocycles. The first-order chi connectivity index (χ1) is 9.45. The zero-order chi connectivity index (χ0) is 14.7. The Bertz CT molecular complexity index is 570. The van der Waals surface area contributed by atoms with E-state index in [-0.39, 0.29) is 25.3 Å². The molecule has 1 aliphatic rings. The van der Waals surface area contributed by atoms with Crippen molar-refractivity contribution in [1.29, 1.82) is 0 Å². The molecule has 0 saturated carbocycles. The molecule has 0 spiro atoms. The Kier molecular flexibility index (Phi) is 3.88. The van der Waals surface area contributed by atoms with Crippen molar-refractivity contribution >= 4 is 23.5 Å². The van der Waals surface area contributed by atoms with Gasteiger partial charge in [-0.25, -0.2) is 0 Å². The Labute approximate surface area is 114 Å². The molecule has 0 radical (unpaired) electrons. The monoisotopic (exact) mass is 278 g/mol. The molecule has 2 rings (SSSR count). The lowest BCUT2D eigenvalue weighted by Gasteiger charge is -2.14. The topological polar surface area (TPSA) is 116 Å². The summed E-state index contributed by atoms with van der Waals surface area (Å²) >= 11 is 0. The largest absolute Gasteiger partial charge is 0.481 e. The van der Waals surface area contributed by atoms with Crippen molar-refractivity contribution in [2.24, 2.45) is 0 Å². The number of benzene rings is 1. The summed E-state index contributed by atoms with van der Waals surface area (Å²) in [5, 5.41) is 23.0. The molecule has 1 heterocycles. The van der Waals surface area contributed by atoms with Crippen molar-refractivity contribution in [3.63, 3.8) is 0 Å². The standard InChI is InChI=1S/C13H14N2O5/c16-11(17)4-7-1-2-9-8(3-7)6-14-13(20)10(15-9)5-12(18)19/h1-3,10,15H,4-6H2,(H,14,20)(H,16,17)(H,18,19)/t10-/m0/s1. The Hall–Kier alpha value is -2.57. The number of carboxylic acid groups (broad SMARTS) is 2. The number of carbonyl (C=O) groups is 3. The molecule has 4 N–H and O–H groups in total. The summed E-state index contributed by atoms with van der Waals surface area (Å²) < 4.78 is 0. The van der Waals surface area contributed by atoms with Gasteiger partial charge in [0.1, 0.15) is 6.04 Å². The number of fused-ring (bicyclic) bond motifs is 1. The average Bonchev–Trinajstić information content (AvgIpc) is 2.49. The summed E-state index contributed by atoms with van der Waals surface area (Å²) in [5.41, 5.74) is 2.01. The number of amides is 1. The number of hydrogen-bond acceptors (Lipinski definition) is 4. The summed E-state index contributed by atoms with van der Waals surface area (Å²) in [6.07, 6.45) is -0.415. The van der Waals surface area contributed by atoms with E-state index in [4.69, 9.17) is 10.2 Å². The molecule has 1 atom stereocenters. The molecule has 1 aromatic rings. The Morgan fingerprint density at radius 2 is 2.00 bits per heavy atom. The zero-order valence-electron chi connectivity index (χ0n) is 10.5. The van der Waals surface area contributed by atoms with Gasteiger partial charge in [0.25, 0.3) is 0 Å². The van der Waals surface area contributed by atoms with Crippen LogP contribution in [0.1, 0.15) is 17.5 Å². The minimum absolute atomic E-state index is 0.0974. The maximum absolute atomic E-state index is 11.7. The first kappa shape index (κ1) is 13.9. The third-order valence-electron chi connectivity index (χ3n) is 3.00. The Morgan fingerprint density at radius 1 is 1.25 bits per heavy atom. The maximum Gasteiger partial charge on any atom is 0.307 e. The molecule has 0 saturated heterocycles. The smallest absolute Gasteiger partial charge is 0.307 e. The first-order valence-corrected chi connectivity index (χ1v) is 6.05. The molecule has 0 unspecified atom stereocenters. The predicted molar refractivity (Wildman–Crippen MR) is 69.3 cm³/mol. The van der Waals surface area contributed by atoms with Gasteiger partial charge in [-0.15, -0.1) is 0 Å². The molecule has 106 valence electrons. The number of rotatable bonds is 4. The van der Waals surface area contributed by atoms with Gasteiger partial charge in [-0.1, -0.05) is 12.1 Å². The highest BCUT2D eigenvalue weighted by atomic mass is 16.4. The minimum Gasteiger partial charge on any atom is -0.481 e. The van der Waals surface area contributed by atoms with Gasteiger partial charge in [0.2, 0.25) is 5.91 Å². The molecule has 1 amide bonds. The van der Waals surface area contributed by atoms with E-state index < -0.39 is 18.0 Å². The predicted octanol–water partition coefficient (Wildman–Crippen LogP) is 0.199. The van der Waals surface area contributed by atoms with E-state index in [1.807, 2.05) is 0 Å². The van der Waals surface area contributed by atoms with Crippen LogP contribution in [0.15, 0.2) is 18.2 Å². The van der Waals surface area contributed by atoms with Crippen LogP contribution in [0, 0.1) is 0 Å². The summed E-state index contributed by atoms with van der Waals surface area (Å²) in [6.45, 7) is 0.241. The van der Waals surface area contributed by atoms with Crippen molar-refractivity contribution in [1.82, 2.24) is 5.32 Å². The van der Waals surface area contributed by atoms with Crippen molar-refractivity contribution in [2.75, 3.05) is 5.32 Å². The van der Waals surface area contributed by atoms with Crippen LogP contribution < -0.4 is 10.6 Å². The minimum atomic E-state index is -1.07. The molecule has 0 fully saturated rings. The normalized spacial score (nSPS) is 17.4. The second-order valence-corrected chi connectivity index (χ2v) is 4.57. The number of anilines is 1. The van der Waals surface area contributed by atoms with Crippen molar-refractivity contribution < 1.29 is 24.6 Å². The van der Waals surface area contributed by atoms with Gasteiger partial charge in [0.05, 0.1) is 12.8 Å². The van der Waals surface area contributed by atoms with Crippen LogP contribution in [-0.4, -0.2) is 34.1 Å². The molecule has 7 nitrogen and oxygen atoms in total. The van der Waals surface area contributed by atoms with E-state index in [0.29, 0.717) is 11.3 Å². The summed E-state index contributed by atoms with van der Waals surface area (Å²) in [5.74, 6) is -2.38. The third-order valence-corrected chi connectivity index (χ3v) is 3.00. The van der Waals surface area contributed by atoms with E-state index in [1.165, 1.54) is 0 Å². The maximum atomic E-state index is 11.7. The van der Waals surface area contributed by atoms with Crippen LogP contribution in [0.3, 0.4) is 0 Å². The van der Waals surface area contributed by atoms with Crippen LogP contribution in [0.4, 0.5) is 5.69 Å². The van der Waals surface area contributed by atoms with Crippen LogP contribution in [-0.2, 0) is 27.3 Å². The van der Waals surface area contributed by atoms with Crippen LogP contribution in [0.5, 0.6) is 0 Å². The number of nitrogens with one attached hydrogen (secondary N) is 2. The molecular weight excluding hydrogens is 264 g/mol. The van der Waals surface area contributed by atoms with Crippen molar-refractivity contribution in [3.8, 4) is 0 Å². The lowest BCUT2D eigenvalue weighted by molar-refractivity contribution is -0.139. The van der Waals surface area contributed by atoms with Gasteiger partial charge in [-0.2, -0.15) is 0 Å². The summed E-state index contributed by atoms with van der Waals surface area (Å²) in [7, 11) is 0. The van der Waals surface area contributed by atoms with Crippen molar-refractivity contribution in [3.05, 3.63) is 29.3 Å².